The Kier molecular flexibility index (Phi) is 9.46. The number of rotatable bonds is 12. The van der Waals surface area contributed by atoms with Crippen molar-refractivity contribution >= 4 is 23.2 Å². The molecule has 0 aliphatic heterocycles. The van der Waals surface area contributed by atoms with Gasteiger partial charge in [-0.25, -0.2) is 0 Å². The molecular formula is C27H31N3O4. The lowest BCUT2D eigenvalue weighted by Crippen LogP contribution is -2.17. The van der Waals surface area contributed by atoms with Crippen LogP contribution in [0, 0.1) is 0 Å². The number of hydrogen-bond donors (Lipinski definition) is 2. The van der Waals surface area contributed by atoms with Crippen molar-refractivity contribution in [3.63, 3.8) is 0 Å². The Labute approximate surface area is 200 Å². The van der Waals surface area contributed by atoms with E-state index < -0.39 is 0 Å². The molecular weight excluding hydrogens is 430 g/mol. The van der Waals surface area contributed by atoms with Crippen molar-refractivity contribution in [2.45, 2.75) is 39.5 Å². The fraction of sp³-hybridized carbons (Fsp3) is 0.296. The lowest BCUT2D eigenvalue weighted by Gasteiger charge is -2.12. The van der Waals surface area contributed by atoms with Crippen LogP contribution < -0.4 is 20.1 Å². The molecule has 0 spiro atoms. The van der Waals surface area contributed by atoms with Gasteiger partial charge in [0.1, 0.15) is 11.5 Å². The van der Waals surface area contributed by atoms with Crippen LogP contribution in [0.4, 0.5) is 11.4 Å². The van der Waals surface area contributed by atoms with Crippen molar-refractivity contribution < 1.29 is 19.1 Å². The summed E-state index contributed by atoms with van der Waals surface area (Å²) in [5.41, 5.74) is 1.82. The Bertz CT molecular complexity index is 979. The number of carbonyl (C=O) groups excluding carboxylic acids is 2. The summed E-state index contributed by atoms with van der Waals surface area (Å²) in [6, 6.07) is 15.6. The number of carbonyl (C=O) groups is 2. The summed E-state index contributed by atoms with van der Waals surface area (Å²) in [4.78, 5) is 29.5. The van der Waals surface area contributed by atoms with E-state index in [1.807, 2.05) is 0 Å². The molecule has 0 aliphatic rings. The number of nitrogens with one attached hydrogen (secondary N) is 2. The third kappa shape index (κ3) is 7.33. The average molecular weight is 462 g/mol. The van der Waals surface area contributed by atoms with E-state index in [4.69, 9.17) is 9.47 Å². The Morgan fingerprint density at radius 1 is 0.706 bits per heavy atom. The maximum Gasteiger partial charge on any atom is 0.255 e. The van der Waals surface area contributed by atoms with Crippen molar-refractivity contribution in [3.8, 4) is 11.5 Å². The van der Waals surface area contributed by atoms with Crippen LogP contribution in [0.15, 0.2) is 67.0 Å². The van der Waals surface area contributed by atoms with Gasteiger partial charge in [-0.1, -0.05) is 26.7 Å². The highest BCUT2D eigenvalue weighted by atomic mass is 16.5. The van der Waals surface area contributed by atoms with Gasteiger partial charge >= 0.3 is 0 Å². The van der Waals surface area contributed by atoms with Crippen LogP contribution in [0.1, 0.15) is 60.2 Å². The average Bonchev–Trinajstić information content (AvgIpc) is 2.86. The Balaban J connectivity index is 1.62. The topological polar surface area (TPSA) is 89.5 Å². The zero-order valence-corrected chi connectivity index (χ0v) is 19.7. The third-order valence-electron chi connectivity index (χ3n) is 5.08. The SMILES string of the molecule is CCCCOc1ccc(C(=O)Nc2ccncc2NC(=O)c2ccc(OCCCC)cc2)cc1. The van der Waals surface area contributed by atoms with Crippen molar-refractivity contribution in [1.82, 2.24) is 4.98 Å². The van der Waals surface area contributed by atoms with Gasteiger partial charge in [-0.2, -0.15) is 0 Å². The van der Waals surface area contributed by atoms with Crippen molar-refractivity contribution in [3.05, 3.63) is 78.1 Å². The van der Waals surface area contributed by atoms with E-state index in [9.17, 15) is 9.59 Å². The monoisotopic (exact) mass is 461 g/mol. The highest BCUT2D eigenvalue weighted by Crippen LogP contribution is 2.23. The molecule has 2 amide bonds. The van der Waals surface area contributed by atoms with Crippen LogP contribution in [-0.2, 0) is 0 Å². The number of hydrogen-bond acceptors (Lipinski definition) is 5. The van der Waals surface area contributed by atoms with Gasteiger partial charge in [0.25, 0.3) is 11.8 Å². The predicted octanol–water partition coefficient (Wildman–Crippen LogP) is 5.94. The molecule has 0 unspecified atom stereocenters. The number of pyridine rings is 1. The number of amides is 2. The highest BCUT2D eigenvalue weighted by molar-refractivity contribution is 6.09. The lowest BCUT2D eigenvalue weighted by molar-refractivity contribution is 0.101. The van der Waals surface area contributed by atoms with Crippen LogP contribution in [0.3, 0.4) is 0 Å². The standard InChI is InChI=1S/C27H31N3O4/c1-3-5-17-33-22-11-7-20(8-12-22)26(31)29-24-15-16-28-19-25(24)30-27(32)21-9-13-23(14-10-21)34-18-6-4-2/h7-16,19H,3-6,17-18H2,1-2H3,(H,30,32)(H,28,29,31). The molecule has 0 saturated heterocycles. The fourth-order valence-corrected chi connectivity index (χ4v) is 3.07. The molecule has 0 atom stereocenters. The number of nitrogens with zero attached hydrogens (tertiary/aromatic N) is 1. The molecule has 0 bridgehead atoms. The van der Waals surface area contributed by atoms with Gasteiger partial charge in [0.2, 0.25) is 0 Å². The van der Waals surface area contributed by atoms with E-state index in [2.05, 4.69) is 29.5 Å². The second kappa shape index (κ2) is 13.0. The van der Waals surface area contributed by atoms with E-state index in [-0.39, 0.29) is 11.8 Å². The van der Waals surface area contributed by atoms with E-state index in [0.717, 1.165) is 37.2 Å². The molecule has 1 heterocycles. The summed E-state index contributed by atoms with van der Waals surface area (Å²) >= 11 is 0. The molecule has 1 aromatic heterocycles. The minimum atomic E-state index is -0.308. The number of ether oxygens (including phenoxy) is 2. The second-order valence-electron chi connectivity index (χ2n) is 7.78. The second-order valence-corrected chi connectivity index (χ2v) is 7.78. The smallest absolute Gasteiger partial charge is 0.255 e. The maximum absolute atomic E-state index is 12.7. The molecule has 2 N–H and O–H groups in total. The Morgan fingerprint density at radius 3 is 1.65 bits per heavy atom. The summed E-state index contributed by atoms with van der Waals surface area (Å²) < 4.78 is 11.3. The van der Waals surface area contributed by atoms with E-state index in [1.165, 1.54) is 6.20 Å². The minimum Gasteiger partial charge on any atom is -0.494 e. The summed E-state index contributed by atoms with van der Waals surface area (Å²) in [5, 5.41) is 5.65. The fourth-order valence-electron chi connectivity index (χ4n) is 3.07. The van der Waals surface area contributed by atoms with Crippen molar-refractivity contribution in [2.24, 2.45) is 0 Å². The molecule has 0 aliphatic carbocycles. The predicted molar refractivity (Wildman–Crippen MR) is 134 cm³/mol. The number of benzene rings is 2. The van der Waals surface area contributed by atoms with Crippen LogP contribution in [-0.4, -0.2) is 30.0 Å². The largest absolute Gasteiger partial charge is 0.494 e. The molecule has 34 heavy (non-hydrogen) atoms. The molecule has 0 saturated carbocycles. The first-order chi connectivity index (χ1) is 16.6. The van der Waals surface area contributed by atoms with Gasteiger partial charge in [0.15, 0.2) is 0 Å². The highest BCUT2D eigenvalue weighted by Gasteiger charge is 2.13. The third-order valence-corrected chi connectivity index (χ3v) is 5.08. The van der Waals surface area contributed by atoms with Crippen LogP contribution in [0.5, 0.6) is 11.5 Å². The Morgan fingerprint density at radius 2 is 1.18 bits per heavy atom. The van der Waals surface area contributed by atoms with Gasteiger partial charge < -0.3 is 20.1 Å². The van der Waals surface area contributed by atoms with E-state index in [1.54, 1.807) is 60.8 Å². The summed E-state index contributed by atoms with van der Waals surface area (Å²) in [7, 11) is 0. The molecule has 3 rings (SSSR count). The summed E-state index contributed by atoms with van der Waals surface area (Å²) in [6.07, 6.45) is 7.14. The molecule has 2 aromatic carbocycles. The summed E-state index contributed by atoms with van der Waals surface area (Å²) in [6.45, 7) is 5.50. The van der Waals surface area contributed by atoms with Gasteiger partial charge in [-0.05, 0) is 67.4 Å². The van der Waals surface area contributed by atoms with E-state index in [0.29, 0.717) is 35.7 Å². The molecule has 0 radical (unpaired) electrons. The zero-order chi connectivity index (χ0) is 24.2. The quantitative estimate of drug-likeness (QED) is 0.326. The number of anilines is 2. The molecule has 7 heteroatoms. The molecule has 3 aromatic rings. The number of unbranched alkanes of at least 4 members (excludes halogenated alkanes) is 2. The Hall–Kier alpha value is -3.87. The minimum absolute atomic E-state index is 0.296. The number of aromatic nitrogens is 1. The van der Waals surface area contributed by atoms with Crippen LogP contribution in [0.25, 0.3) is 0 Å². The first-order valence-electron chi connectivity index (χ1n) is 11.6. The lowest BCUT2D eigenvalue weighted by atomic mass is 10.2. The molecule has 7 nitrogen and oxygen atoms in total. The summed E-state index contributed by atoms with van der Waals surface area (Å²) in [5.74, 6) is 0.845. The van der Waals surface area contributed by atoms with Gasteiger partial charge in [0, 0.05) is 17.3 Å². The van der Waals surface area contributed by atoms with Crippen LogP contribution in [0.2, 0.25) is 0 Å². The molecule has 0 fully saturated rings. The van der Waals surface area contributed by atoms with Crippen molar-refractivity contribution in [2.75, 3.05) is 23.8 Å². The van der Waals surface area contributed by atoms with Crippen LogP contribution >= 0.6 is 0 Å². The van der Waals surface area contributed by atoms with Gasteiger partial charge in [-0.15, -0.1) is 0 Å². The first-order valence-corrected chi connectivity index (χ1v) is 11.6. The van der Waals surface area contributed by atoms with Crippen molar-refractivity contribution in [1.29, 1.82) is 0 Å². The van der Waals surface area contributed by atoms with E-state index >= 15 is 0 Å². The van der Waals surface area contributed by atoms with Gasteiger partial charge in [-0.3, -0.25) is 14.6 Å². The van der Waals surface area contributed by atoms with Gasteiger partial charge in [0.05, 0.1) is 30.8 Å². The molecule has 178 valence electrons. The first kappa shape index (κ1) is 24.8. The maximum atomic E-state index is 12.7. The zero-order valence-electron chi connectivity index (χ0n) is 19.7. The normalized spacial score (nSPS) is 10.4.